The minimum atomic E-state index is 0. The summed E-state index contributed by atoms with van der Waals surface area (Å²) in [6.45, 7) is 2.13. The zero-order valence-electron chi connectivity index (χ0n) is 7.73. The first-order chi connectivity index (χ1) is 5.86. The number of nitrogens with zero attached hydrogens (tertiary/aromatic N) is 1. The van der Waals surface area contributed by atoms with Gasteiger partial charge in [-0.15, -0.1) is 24.8 Å². The van der Waals surface area contributed by atoms with Crippen LogP contribution in [0.25, 0.3) is 0 Å². The highest BCUT2D eigenvalue weighted by Crippen LogP contribution is 2.24. The predicted molar refractivity (Wildman–Crippen MR) is 60.3 cm³/mol. The number of nitrogens with one attached hydrogen (secondary N) is 1. The number of anilines is 1. The van der Waals surface area contributed by atoms with Crippen molar-refractivity contribution in [2.45, 2.75) is 18.8 Å². The van der Waals surface area contributed by atoms with Crippen LogP contribution in [-0.2, 0) is 0 Å². The molecule has 1 aromatic heterocycles. The first kappa shape index (κ1) is 13.5. The van der Waals surface area contributed by atoms with Gasteiger partial charge in [0.25, 0.3) is 6.01 Å². The fraction of sp³-hybridized carbons (Fsp3) is 0.625. The molecule has 2 heterocycles. The lowest BCUT2D eigenvalue weighted by Gasteiger charge is -2.19. The lowest BCUT2D eigenvalue weighted by molar-refractivity contribution is 0.451. The molecule has 0 unspecified atom stereocenters. The van der Waals surface area contributed by atoms with Crippen molar-refractivity contribution < 1.29 is 4.42 Å². The lowest BCUT2D eigenvalue weighted by Crippen LogP contribution is -2.26. The van der Waals surface area contributed by atoms with E-state index in [1.165, 1.54) is 0 Å². The standard InChI is InChI=1S/C8H13N3O.2ClH/c9-8-11-7(5-12-8)6-1-3-10-4-2-6;;/h5-6,10H,1-4H2,(H2,9,11);2*1H. The van der Waals surface area contributed by atoms with E-state index in [0.717, 1.165) is 31.6 Å². The first-order valence-electron chi connectivity index (χ1n) is 4.28. The molecule has 1 saturated heterocycles. The largest absolute Gasteiger partial charge is 0.432 e. The number of piperidine rings is 1. The van der Waals surface area contributed by atoms with Crippen molar-refractivity contribution in [3.8, 4) is 0 Å². The third-order valence-corrected chi connectivity index (χ3v) is 2.30. The second-order valence-corrected chi connectivity index (χ2v) is 3.13. The van der Waals surface area contributed by atoms with E-state index in [2.05, 4.69) is 10.3 Å². The molecule has 1 aromatic rings. The maximum absolute atomic E-state index is 5.39. The summed E-state index contributed by atoms with van der Waals surface area (Å²) in [5.74, 6) is 0.535. The molecule has 0 atom stereocenters. The molecule has 3 N–H and O–H groups in total. The van der Waals surface area contributed by atoms with E-state index in [4.69, 9.17) is 10.2 Å². The lowest BCUT2D eigenvalue weighted by atomic mass is 9.95. The molecule has 0 saturated carbocycles. The molecule has 1 aliphatic heterocycles. The Morgan fingerprint density at radius 3 is 2.50 bits per heavy atom. The normalized spacial score (nSPS) is 16.9. The summed E-state index contributed by atoms with van der Waals surface area (Å²) < 4.78 is 4.96. The molecule has 14 heavy (non-hydrogen) atoms. The number of hydrogen-bond donors (Lipinski definition) is 2. The van der Waals surface area contributed by atoms with Crippen LogP contribution < -0.4 is 11.1 Å². The fourth-order valence-corrected chi connectivity index (χ4v) is 1.61. The number of aromatic nitrogens is 1. The van der Waals surface area contributed by atoms with Crippen molar-refractivity contribution >= 4 is 30.8 Å². The molecule has 6 heteroatoms. The van der Waals surface area contributed by atoms with Gasteiger partial charge in [-0.3, -0.25) is 0 Å². The molecule has 82 valence electrons. The van der Waals surface area contributed by atoms with Crippen LogP contribution >= 0.6 is 24.8 Å². The Balaban J connectivity index is 0.000000845. The predicted octanol–water partition coefficient (Wildman–Crippen LogP) is 1.57. The molecule has 2 rings (SSSR count). The summed E-state index contributed by atoms with van der Waals surface area (Å²) in [5.41, 5.74) is 6.40. The van der Waals surface area contributed by atoms with Crippen LogP contribution in [-0.4, -0.2) is 18.1 Å². The van der Waals surface area contributed by atoms with Crippen molar-refractivity contribution in [1.29, 1.82) is 0 Å². The van der Waals surface area contributed by atoms with Crippen LogP contribution in [0.1, 0.15) is 24.5 Å². The quantitative estimate of drug-likeness (QED) is 0.782. The van der Waals surface area contributed by atoms with Crippen LogP contribution in [0.4, 0.5) is 6.01 Å². The van der Waals surface area contributed by atoms with E-state index in [9.17, 15) is 0 Å². The van der Waals surface area contributed by atoms with Crippen molar-refractivity contribution in [3.63, 3.8) is 0 Å². The van der Waals surface area contributed by atoms with Gasteiger partial charge in [0.05, 0.1) is 5.69 Å². The van der Waals surface area contributed by atoms with Gasteiger partial charge >= 0.3 is 0 Å². The Hall–Kier alpha value is -0.450. The summed E-state index contributed by atoms with van der Waals surface area (Å²) >= 11 is 0. The van der Waals surface area contributed by atoms with Gasteiger partial charge < -0.3 is 15.5 Å². The van der Waals surface area contributed by atoms with Crippen molar-refractivity contribution in [1.82, 2.24) is 10.3 Å². The topological polar surface area (TPSA) is 64.1 Å². The van der Waals surface area contributed by atoms with Crippen LogP contribution in [0.15, 0.2) is 10.7 Å². The Bertz CT molecular complexity index is 261. The van der Waals surface area contributed by atoms with Gasteiger partial charge in [-0.05, 0) is 25.9 Å². The number of nitrogens with two attached hydrogens (primary N) is 1. The summed E-state index contributed by atoms with van der Waals surface area (Å²) in [6.07, 6.45) is 3.93. The van der Waals surface area contributed by atoms with Crippen LogP contribution in [0.2, 0.25) is 0 Å². The number of rotatable bonds is 1. The maximum atomic E-state index is 5.39. The molecule has 0 amide bonds. The first-order valence-corrected chi connectivity index (χ1v) is 4.28. The van der Waals surface area contributed by atoms with Gasteiger partial charge in [0.1, 0.15) is 6.26 Å². The molecule has 0 spiro atoms. The van der Waals surface area contributed by atoms with Crippen molar-refractivity contribution in [2.75, 3.05) is 18.8 Å². The van der Waals surface area contributed by atoms with E-state index in [0.29, 0.717) is 5.92 Å². The zero-order chi connectivity index (χ0) is 8.39. The number of nitrogen functional groups attached to an aromatic ring is 1. The van der Waals surface area contributed by atoms with E-state index in [1.807, 2.05) is 0 Å². The van der Waals surface area contributed by atoms with Crippen LogP contribution in [0.3, 0.4) is 0 Å². The SMILES string of the molecule is Cl.Cl.Nc1nc(C2CCNCC2)co1. The summed E-state index contributed by atoms with van der Waals surface area (Å²) in [7, 11) is 0. The number of halogens is 2. The molecule has 0 aromatic carbocycles. The Morgan fingerprint density at radius 2 is 2.00 bits per heavy atom. The summed E-state index contributed by atoms with van der Waals surface area (Å²) in [5, 5.41) is 3.30. The third-order valence-electron chi connectivity index (χ3n) is 2.30. The molecular formula is C8H15Cl2N3O. The third kappa shape index (κ3) is 3.04. The van der Waals surface area contributed by atoms with Gasteiger partial charge in [0.15, 0.2) is 0 Å². The van der Waals surface area contributed by atoms with Gasteiger partial charge in [0, 0.05) is 5.92 Å². The van der Waals surface area contributed by atoms with Crippen molar-refractivity contribution in [3.05, 3.63) is 12.0 Å². The van der Waals surface area contributed by atoms with E-state index in [-0.39, 0.29) is 30.8 Å². The molecule has 1 fully saturated rings. The monoisotopic (exact) mass is 239 g/mol. The van der Waals surface area contributed by atoms with E-state index < -0.39 is 0 Å². The number of hydrogen-bond acceptors (Lipinski definition) is 4. The molecule has 4 nitrogen and oxygen atoms in total. The molecule has 0 radical (unpaired) electrons. The Labute approximate surface area is 95.5 Å². The van der Waals surface area contributed by atoms with E-state index in [1.54, 1.807) is 6.26 Å². The Morgan fingerprint density at radius 1 is 1.36 bits per heavy atom. The highest BCUT2D eigenvalue weighted by Gasteiger charge is 2.17. The molecule has 0 bridgehead atoms. The van der Waals surface area contributed by atoms with E-state index >= 15 is 0 Å². The second-order valence-electron chi connectivity index (χ2n) is 3.13. The second kappa shape index (κ2) is 6.11. The summed E-state index contributed by atoms with van der Waals surface area (Å²) in [6, 6.07) is 0.281. The van der Waals surface area contributed by atoms with Gasteiger partial charge in [0.2, 0.25) is 0 Å². The fourth-order valence-electron chi connectivity index (χ4n) is 1.61. The molecule has 1 aliphatic rings. The Kier molecular flexibility index (Phi) is 5.92. The average molecular weight is 240 g/mol. The van der Waals surface area contributed by atoms with Crippen LogP contribution in [0, 0.1) is 0 Å². The van der Waals surface area contributed by atoms with Gasteiger partial charge in [-0.25, -0.2) is 0 Å². The zero-order valence-corrected chi connectivity index (χ0v) is 9.37. The minimum Gasteiger partial charge on any atom is -0.432 e. The number of oxazole rings is 1. The smallest absolute Gasteiger partial charge is 0.292 e. The van der Waals surface area contributed by atoms with Crippen molar-refractivity contribution in [2.24, 2.45) is 0 Å². The van der Waals surface area contributed by atoms with Gasteiger partial charge in [-0.1, -0.05) is 0 Å². The molecular weight excluding hydrogens is 225 g/mol. The average Bonchev–Trinajstić information content (AvgIpc) is 2.54. The van der Waals surface area contributed by atoms with Crippen LogP contribution in [0.5, 0.6) is 0 Å². The molecule has 0 aliphatic carbocycles. The summed E-state index contributed by atoms with van der Waals surface area (Å²) in [4.78, 5) is 4.12. The highest BCUT2D eigenvalue weighted by molar-refractivity contribution is 5.85. The maximum Gasteiger partial charge on any atom is 0.292 e. The van der Waals surface area contributed by atoms with Gasteiger partial charge in [-0.2, -0.15) is 4.98 Å². The highest BCUT2D eigenvalue weighted by atomic mass is 35.5. The minimum absolute atomic E-state index is 0.